The fraction of sp³-hybridized carbons (Fsp3) is 0.533. The van der Waals surface area contributed by atoms with E-state index in [0.717, 1.165) is 38.4 Å². The standard InChI is InChI=1S/C15H21N3O.HI/c19-11-15(10-18-14-16-7-4-8-17-14)9-13(15)12-5-2-1-3-6-12;/h1-3,5-6,13,19H,4,7-11H2,(H2,16,17,18);1H. The van der Waals surface area contributed by atoms with Gasteiger partial charge < -0.3 is 15.7 Å². The van der Waals surface area contributed by atoms with Crippen LogP contribution in [-0.2, 0) is 0 Å². The number of aliphatic hydroxyl groups is 1. The van der Waals surface area contributed by atoms with Gasteiger partial charge in [0.15, 0.2) is 5.96 Å². The Labute approximate surface area is 137 Å². The number of aliphatic imine (C=N–C) groups is 1. The predicted octanol–water partition coefficient (Wildman–Crippen LogP) is 1.71. The second-order valence-corrected chi connectivity index (χ2v) is 5.55. The van der Waals surface area contributed by atoms with Crippen LogP contribution in [0.3, 0.4) is 0 Å². The average molecular weight is 387 g/mol. The Balaban J connectivity index is 0.00000147. The van der Waals surface area contributed by atoms with Gasteiger partial charge in [0.05, 0.1) is 6.61 Å². The average Bonchev–Trinajstić information content (AvgIpc) is 3.23. The lowest BCUT2D eigenvalue weighted by Crippen LogP contribution is -2.43. The first-order valence-electron chi connectivity index (χ1n) is 7.02. The quantitative estimate of drug-likeness (QED) is 0.690. The first kappa shape index (κ1) is 15.6. The van der Waals surface area contributed by atoms with Gasteiger partial charge in [0.2, 0.25) is 0 Å². The van der Waals surface area contributed by atoms with E-state index in [0.29, 0.717) is 5.92 Å². The number of halogens is 1. The highest BCUT2D eigenvalue weighted by molar-refractivity contribution is 14.0. The summed E-state index contributed by atoms with van der Waals surface area (Å²) in [6.07, 6.45) is 2.15. The van der Waals surface area contributed by atoms with Crippen molar-refractivity contribution in [3.63, 3.8) is 0 Å². The first-order valence-corrected chi connectivity index (χ1v) is 7.02. The lowest BCUT2D eigenvalue weighted by molar-refractivity contribution is 0.207. The molecule has 1 heterocycles. The van der Waals surface area contributed by atoms with Crippen molar-refractivity contribution >= 4 is 29.9 Å². The van der Waals surface area contributed by atoms with Crippen LogP contribution in [0.15, 0.2) is 35.3 Å². The highest BCUT2D eigenvalue weighted by Crippen LogP contribution is 2.58. The maximum atomic E-state index is 9.72. The van der Waals surface area contributed by atoms with E-state index >= 15 is 0 Å². The molecule has 2 atom stereocenters. The zero-order valence-corrected chi connectivity index (χ0v) is 13.8. The number of rotatable bonds is 4. The number of guanidine groups is 1. The molecule has 0 bridgehead atoms. The zero-order valence-electron chi connectivity index (χ0n) is 11.5. The molecule has 3 N–H and O–H groups in total. The van der Waals surface area contributed by atoms with Crippen molar-refractivity contribution in [1.82, 2.24) is 10.6 Å². The van der Waals surface area contributed by atoms with Crippen molar-refractivity contribution in [1.29, 1.82) is 0 Å². The summed E-state index contributed by atoms with van der Waals surface area (Å²) in [5, 5.41) is 16.3. The molecule has 0 radical (unpaired) electrons. The van der Waals surface area contributed by atoms with E-state index in [1.165, 1.54) is 5.56 Å². The number of nitrogens with zero attached hydrogens (tertiary/aromatic N) is 1. The highest BCUT2D eigenvalue weighted by atomic mass is 127. The van der Waals surface area contributed by atoms with Crippen LogP contribution < -0.4 is 10.6 Å². The van der Waals surface area contributed by atoms with Crippen LogP contribution in [-0.4, -0.2) is 37.3 Å². The van der Waals surface area contributed by atoms with E-state index in [4.69, 9.17) is 0 Å². The molecule has 1 aromatic carbocycles. The number of hydrogen-bond donors (Lipinski definition) is 3. The third kappa shape index (κ3) is 3.25. The lowest BCUT2D eigenvalue weighted by atomic mass is 10.00. The molecule has 0 aromatic heterocycles. The van der Waals surface area contributed by atoms with Crippen molar-refractivity contribution in [2.75, 3.05) is 26.2 Å². The minimum absolute atomic E-state index is 0. The Morgan fingerprint density at radius 1 is 1.35 bits per heavy atom. The molecule has 1 aliphatic heterocycles. The van der Waals surface area contributed by atoms with Crippen LogP contribution >= 0.6 is 24.0 Å². The maximum Gasteiger partial charge on any atom is 0.191 e. The van der Waals surface area contributed by atoms with Gasteiger partial charge in [-0.25, -0.2) is 0 Å². The molecule has 1 saturated carbocycles. The molecule has 1 aliphatic carbocycles. The van der Waals surface area contributed by atoms with Gasteiger partial charge in [-0.2, -0.15) is 0 Å². The second kappa shape index (κ2) is 6.76. The summed E-state index contributed by atoms with van der Waals surface area (Å²) in [5.74, 6) is 1.35. The third-order valence-electron chi connectivity index (χ3n) is 4.21. The Morgan fingerprint density at radius 3 is 2.80 bits per heavy atom. The minimum Gasteiger partial charge on any atom is -0.396 e. The molecule has 0 amide bonds. The van der Waals surface area contributed by atoms with Gasteiger partial charge in [-0.1, -0.05) is 30.3 Å². The fourth-order valence-corrected chi connectivity index (χ4v) is 2.84. The van der Waals surface area contributed by atoms with Crippen LogP contribution in [0.2, 0.25) is 0 Å². The smallest absolute Gasteiger partial charge is 0.191 e. The molecule has 2 aliphatic rings. The predicted molar refractivity (Wildman–Crippen MR) is 91.7 cm³/mol. The van der Waals surface area contributed by atoms with Crippen molar-refractivity contribution in [3.8, 4) is 0 Å². The van der Waals surface area contributed by atoms with Crippen LogP contribution in [0.4, 0.5) is 0 Å². The monoisotopic (exact) mass is 387 g/mol. The normalized spacial score (nSPS) is 27.9. The van der Waals surface area contributed by atoms with Crippen molar-refractivity contribution in [2.45, 2.75) is 18.8 Å². The van der Waals surface area contributed by atoms with E-state index in [9.17, 15) is 5.11 Å². The molecule has 1 aromatic rings. The summed E-state index contributed by atoms with van der Waals surface area (Å²) in [7, 11) is 0. The van der Waals surface area contributed by atoms with E-state index in [2.05, 4.69) is 39.9 Å². The molecule has 1 fully saturated rings. The van der Waals surface area contributed by atoms with E-state index in [1.807, 2.05) is 6.07 Å². The van der Waals surface area contributed by atoms with Gasteiger partial charge in [0.25, 0.3) is 0 Å². The van der Waals surface area contributed by atoms with Gasteiger partial charge >= 0.3 is 0 Å². The van der Waals surface area contributed by atoms with E-state index in [-0.39, 0.29) is 36.0 Å². The van der Waals surface area contributed by atoms with Gasteiger partial charge in [0, 0.05) is 25.0 Å². The third-order valence-corrected chi connectivity index (χ3v) is 4.21. The SMILES string of the molecule is I.OCC1(CNC2=NCCCN2)CC1c1ccccc1. The van der Waals surface area contributed by atoms with Gasteiger partial charge in [-0.3, -0.25) is 4.99 Å². The van der Waals surface area contributed by atoms with Crippen molar-refractivity contribution in [3.05, 3.63) is 35.9 Å². The molecule has 0 saturated heterocycles. The molecule has 3 rings (SSSR count). The van der Waals surface area contributed by atoms with Gasteiger partial charge in [-0.15, -0.1) is 24.0 Å². The lowest BCUT2D eigenvalue weighted by Gasteiger charge is -2.20. The summed E-state index contributed by atoms with van der Waals surface area (Å²) in [5.41, 5.74) is 1.32. The van der Waals surface area contributed by atoms with Gasteiger partial charge in [-0.05, 0) is 24.3 Å². The van der Waals surface area contributed by atoms with Crippen LogP contribution in [0, 0.1) is 5.41 Å². The Bertz CT molecular complexity index is 465. The number of benzene rings is 1. The Kier molecular flexibility index (Phi) is 5.26. The number of hydrogen-bond acceptors (Lipinski definition) is 4. The molecule has 110 valence electrons. The molecule has 5 heteroatoms. The van der Waals surface area contributed by atoms with Gasteiger partial charge in [0.1, 0.15) is 0 Å². The Morgan fingerprint density at radius 2 is 2.15 bits per heavy atom. The first-order chi connectivity index (χ1) is 9.34. The van der Waals surface area contributed by atoms with Crippen molar-refractivity contribution in [2.24, 2.45) is 10.4 Å². The van der Waals surface area contributed by atoms with E-state index < -0.39 is 0 Å². The number of aliphatic hydroxyl groups excluding tert-OH is 1. The van der Waals surface area contributed by atoms with Crippen LogP contribution in [0.1, 0.15) is 24.3 Å². The minimum atomic E-state index is -0.0109. The van der Waals surface area contributed by atoms with Crippen LogP contribution in [0.25, 0.3) is 0 Å². The molecule has 4 nitrogen and oxygen atoms in total. The zero-order chi connectivity index (χ0) is 13.1. The van der Waals surface area contributed by atoms with Crippen LogP contribution in [0.5, 0.6) is 0 Å². The Hall–Kier alpha value is -0.820. The summed E-state index contributed by atoms with van der Waals surface area (Å²) in [4.78, 5) is 4.41. The second-order valence-electron chi connectivity index (χ2n) is 5.55. The van der Waals surface area contributed by atoms with Crippen molar-refractivity contribution < 1.29 is 5.11 Å². The summed E-state index contributed by atoms with van der Waals surface area (Å²) < 4.78 is 0. The fourth-order valence-electron chi connectivity index (χ4n) is 2.84. The summed E-state index contributed by atoms with van der Waals surface area (Å²) in [6.45, 7) is 2.89. The maximum absolute atomic E-state index is 9.72. The topological polar surface area (TPSA) is 56.6 Å². The molecular formula is C15H22IN3O. The summed E-state index contributed by atoms with van der Waals surface area (Å²) >= 11 is 0. The molecule has 20 heavy (non-hydrogen) atoms. The highest BCUT2D eigenvalue weighted by Gasteiger charge is 2.54. The molecule has 0 spiro atoms. The molecular weight excluding hydrogens is 365 g/mol. The molecule has 2 unspecified atom stereocenters. The van der Waals surface area contributed by atoms with E-state index in [1.54, 1.807) is 0 Å². The largest absolute Gasteiger partial charge is 0.396 e. The summed E-state index contributed by atoms with van der Waals surface area (Å²) in [6, 6.07) is 10.5. The number of nitrogens with one attached hydrogen (secondary N) is 2.